The standard InChI is InChI=1S/C16H19ClN2O2/c1-2-20-15-7-6-14(17)11-13(15)12-18-9-10-21-16-5-3-4-8-19-16/h3-8,11,18H,2,9-10,12H2,1H3. The molecule has 2 aromatic rings. The third-order valence-corrected chi connectivity index (χ3v) is 3.04. The highest BCUT2D eigenvalue weighted by molar-refractivity contribution is 6.30. The lowest BCUT2D eigenvalue weighted by Crippen LogP contribution is -2.21. The third-order valence-electron chi connectivity index (χ3n) is 2.80. The van der Waals surface area contributed by atoms with Gasteiger partial charge in [-0.3, -0.25) is 0 Å². The molecule has 4 nitrogen and oxygen atoms in total. The molecule has 0 aliphatic carbocycles. The summed E-state index contributed by atoms with van der Waals surface area (Å²) < 4.78 is 11.1. The zero-order chi connectivity index (χ0) is 14.9. The van der Waals surface area contributed by atoms with Gasteiger partial charge < -0.3 is 14.8 Å². The first-order valence-electron chi connectivity index (χ1n) is 6.95. The van der Waals surface area contributed by atoms with Crippen LogP contribution >= 0.6 is 11.6 Å². The van der Waals surface area contributed by atoms with Crippen LogP contribution in [0.1, 0.15) is 12.5 Å². The van der Waals surface area contributed by atoms with Crippen molar-refractivity contribution in [3.8, 4) is 11.6 Å². The molecule has 0 saturated carbocycles. The van der Waals surface area contributed by atoms with E-state index in [0.717, 1.165) is 11.3 Å². The van der Waals surface area contributed by atoms with E-state index in [9.17, 15) is 0 Å². The van der Waals surface area contributed by atoms with E-state index in [1.165, 1.54) is 0 Å². The predicted octanol–water partition coefficient (Wildman–Crippen LogP) is 3.30. The number of benzene rings is 1. The fraction of sp³-hybridized carbons (Fsp3) is 0.312. The summed E-state index contributed by atoms with van der Waals surface area (Å²) in [5.41, 5.74) is 1.04. The van der Waals surface area contributed by atoms with Gasteiger partial charge in [0.15, 0.2) is 0 Å². The number of ether oxygens (including phenoxy) is 2. The zero-order valence-electron chi connectivity index (χ0n) is 12.0. The highest BCUT2D eigenvalue weighted by Crippen LogP contribution is 2.22. The normalized spacial score (nSPS) is 10.4. The molecule has 0 bridgehead atoms. The Bertz CT molecular complexity index is 549. The molecule has 0 atom stereocenters. The van der Waals surface area contributed by atoms with E-state index in [4.69, 9.17) is 21.1 Å². The van der Waals surface area contributed by atoms with E-state index < -0.39 is 0 Å². The molecule has 1 heterocycles. The quantitative estimate of drug-likeness (QED) is 0.760. The number of rotatable bonds is 8. The van der Waals surface area contributed by atoms with Crippen molar-refractivity contribution in [3.05, 3.63) is 53.2 Å². The van der Waals surface area contributed by atoms with Gasteiger partial charge in [0.2, 0.25) is 5.88 Å². The molecule has 0 aliphatic heterocycles. The first-order chi connectivity index (χ1) is 10.3. The average Bonchev–Trinajstić information content (AvgIpc) is 2.51. The Balaban J connectivity index is 1.76. The van der Waals surface area contributed by atoms with E-state index >= 15 is 0 Å². The Morgan fingerprint density at radius 1 is 1.19 bits per heavy atom. The van der Waals surface area contributed by atoms with Gasteiger partial charge in [-0.05, 0) is 31.2 Å². The Labute approximate surface area is 130 Å². The van der Waals surface area contributed by atoms with E-state index in [2.05, 4.69) is 10.3 Å². The first kappa shape index (κ1) is 15.6. The Kier molecular flexibility index (Phi) is 6.31. The van der Waals surface area contributed by atoms with Crippen molar-refractivity contribution in [3.63, 3.8) is 0 Å². The second kappa shape index (κ2) is 8.49. The summed E-state index contributed by atoms with van der Waals surface area (Å²) in [5.74, 6) is 1.50. The van der Waals surface area contributed by atoms with Gasteiger partial charge in [-0.2, -0.15) is 0 Å². The summed E-state index contributed by atoms with van der Waals surface area (Å²) in [6.07, 6.45) is 1.71. The molecule has 0 saturated heterocycles. The molecule has 2 rings (SSSR count). The van der Waals surface area contributed by atoms with Crippen LogP contribution in [0.3, 0.4) is 0 Å². The van der Waals surface area contributed by atoms with E-state index in [0.29, 0.717) is 37.2 Å². The number of pyridine rings is 1. The van der Waals surface area contributed by atoms with Crippen molar-refractivity contribution < 1.29 is 9.47 Å². The second-order valence-corrected chi connectivity index (χ2v) is 4.81. The van der Waals surface area contributed by atoms with Gasteiger partial charge in [0.25, 0.3) is 0 Å². The number of halogens is 1. The molecule has 1 aromatic heterocycles. The molecular weight excluding hydrogens is 288 g/mol. The Hall–Kier alpha value is -1.78. The predicted molar refractivity (Wildman–Crippen MR) is 84.1 cm³/mol. The Morgan fingerprint density at radius 2 is 2.10 bits per heavy atom. The number of nitrogens with one attached hydrogen (secondary N) is 1. The minimum atomic E-state index is 0.557. The van der Waals surface area contributed by atoms with Crippen LogP contribution in [0, 0.1) is 0 Å². The maximum atomic E-state index is 6.02. The van der Waals surface area contributed by atoms with Crippen molar-refractivity contribution >= 4 is 11.6 Å². The van der Waals surface area contributed by atoms with Gasteiger partial charge >= 0.3 is 0 Å². The number of aromatic nitrogens is 1. The molecule has 0 aliphatic rings. The highest BCUT2D eigenvalue weighted by Gasteiger charge is 2.04. The summed E-state index contributed by atoms with van der Waals surface area (Å²) in [5, 5.41) is 4.01. The van der Waals surface area contributed by atoms with E-state index in [1.54, 1.807) is 6.20 Å². The van der Waals surface area contributed by atoms with Crippen LogP contribution in [0.5, 0.6) is 11.6 Å². The third kappa shape index (κ3) is 5.25. The summed E-state index contributed by atoms with van der Waals surface area (Å²) in [7, 11) is 0. The number of hydrogen-bond donors (Lipinski definition) is 1. The molecule has 0 fully saturated rings. The van der Waals surface area contributed by atoms with Crippen LogP contribution in [0.25, 0.3) is 0 Å². The first-order valence-corrected chi connectivity index (χ1v) is 7.33. The van der Waals surface area contributed by atoms with Gasteiger partial charge in [0.05, 0.1) is 6.61 Å². The highest BCUT2D eigenvalue weighted by atomic mass is 35.5. The van der Waals surface area contributed by atoms with Crippen molar-refractivity contribution in [2.45, 2.75) is 13.5 Å². The molecular formula is C16H19ClN2O2. The molecule has 21 heavy (non-hydrogen) atoms. The summed E-state index contributed by atoms with van der Waals surface area (Å²) in [6, 6.07) is 11.2. The largest absolute Gasteiger partial charge is 0.494 e. The minimum Gasteiger partial charge on any atom is -0.494 e. The van der Waals surface area contributed by atoms with Gasteiger partial charge in [-0.1, -0.05) is 17.7 Å². The van der Waals surface area contributed by atoms with Crippen LogP contribution in [-0.2, 0) is 6.54 Å². The van der Waals surface area contributed by atoms with Crippen molar-refractivity contribution in [2.24, 2.45) is 0 Å². The van der Waals surface area contributed by atoms with Crippen molar-refractivity contribution in [1.29, 1.82) is 0 Å². The molecule has 1 N–H and O–H groups in total. The van der Waals surface area contributed by atoms with Gasteiger partial charge in [-0.25, -0.2) is 4.98 Å². The summed E-state index contributed by atoms with van der Waals surface area (Å²) in [4.78, 5) is 4.10. The number of nitrogens with zero attached hydrogens (tertiary/aromatic N) is 1. The molecule has 0 spiro atoms. The smallest absolute Gasteiger partial charge is 0.213 e. The van der Waals surface area contributed by atoms with Crippen LogP contribution in [0.15, 0.2) is 42.6 Å². The number of hydrogen-bond acceptors (Lipinski definition) is 4. The van der Waals surface area contributed by atoms with Gasteiger partial charge in [-0.15, -0.1) is 0 Å². The summed E-state index contributed by atoms with van der Waals surface area (Å²) in [6.45, 7) is 4.56. The molecule has 5 heteroatoms. The topological polar surface area (TPSA) is 43.4 Å². The van der Waals surface area contributed by atoms with Gasteiger partial charge in [0.1, 0.15) is 12.4 Å². The molecule has 0 radical (unpaired) electrons. The maximum Gasteiger partial charge on any atom is 0.213 e. The lowest BCUT2D eigenvalue weighted by molar-refractivity contribution is 0.300. The maximum absolute atomic E-state index is 6.02. The van der Waals surface area contributed by atoms with Gasteiger partial charge in [0, 0.05) is 35.9 Å². The van der Waals surface area contributed by atoms with E-state index in [-0.39, 0.29) is 0 Å². The lowest BCUT2D eigenvalue weighted by Gasteiger charge is -2.12. The zero-order valence-corrected chi connectivity index (χ0v) is 12.8. The lowest BCUT2D eigenvalue weighted by atomic mass is 10.2. The fourth-order valence-corrected chi connectivity index (χ4v) is 2.06. The average molecular weight is 307 g/mol. The summed E-state index contributed by atoms with van der Waals surface area (Å²) >= 11 is 6.02. The van der Waals surface area contributed by atoms with Crippen LogP contribution in [-0.4, -0.2) is 24.7 Å². The fourth-order valence-electron chi connectivity index (χ4n) is 1.87. The monoisotopic (exact) mass is 306 g/mol. The van der Waals surface area contributed by atoms with E-state index in [1.807, 2.05) is 43.3 Å². The SMILES string of the molecule is CCOc1ccc(Cl)cc1CNCCOc1ccccn1. The van der Waals surface area contributed by atoms with Crippen LogP contribution in [0.4, 0.5) is 0 Å². The molecule has 0 amide bonds. The Morgan fingerprint density at radius 3 is 2.86 bits per heavy atom. The van der Waals surface area contributed by atoms with Crippen LogP contribution in [0.2, 0.25) is 5.02 Å². The van der Waals surface area contributed by atoms with Crippen LogP contribution < -0.4 is 14.8 Å². The molecule has 0 unspecified atom stereocenters. The van der Waals surface area contributed by atoms with Crippen molar-refractivity contribution in [1.82, 2.24) is 10.3 Å². The van der Waals surface area contributed by atoms with Crippen molar-refractivity contribution in [2.75, 3.05) is 19.8 Å². The second-order valence-electron chi connectivity index (χ2n) is 4.38. The minimum absolute atomic E-state index is 0.557. The molecule has 112 valence electrons. The molecule has 1 aromatic carbocycles.